The van der Waals surface area contributed by atoms with Gasteiger partial charge in [-0.2, -0.15) is 0 Å². The Hall–Kier alpha value is -1.23. The first kappa shape index (κ1) is 13.8. The summed E-state index contributed by atoms with van der Waals surface area (Å²) in [4.78, 5) is 11.0. The molecule has 3 nitrogen and oxygen atoms in total. The zero-order chi connectivity index (χ0) is 12.7. The van der Waals surface area contributed by atoms with E-state index in [1.165, 1.54) is 23.9 Å². The smallest absolute Gasteiger partial charge is 0.303 e. The Bertz CT molecular complexity index is 385. The van der Waals surface area contributed by atoms with Gasteiger partial charge < -0.3 is 10.8 Å². The first-order chi connectivity index (χ1) is 8.09. The topological polar surface area (TPSA) is 63.3 Å². The summed E-state index contributed by atoms with van der Waals surface area (Å²) >= 11 is 1.51. The second-order valence-corrected chi connectivity index (χ2v) is 4.87. The summed E-state index contributed by atoms with van der Waals surface area (Å²) in [5, 5.41) is 8.45. The molecule has 0 saturated heterocycles. The summed E-state index contributed by atoms with van der Waals surface area (Å²) < 4.78 is 12.9. The monoisotopic (exact) mass is 257 g/mol. The van der Waals surface area contributed by atoms with Crippen molar-refractivity contribution in [2.75, 3.05) is 11.5 Å². The fourth-order valence-corrected chi connectivity index (χ4v) is 2.37. The number of nitrogens with two attached hydrogens (primary N) is 1. The third kappa shape index (κ3) is 5.58. The molecule has 0 radical (unpaired) electrons. The number of hydrogen-bond acceptors (Lipinski definition) is 3. The average molecular weight is 257 g/mol. The second kappa shape index (κ2) is 7.17. The van der Waals surface area contributed by atoms with E-state index < -0.39 is 5.97 Å². The number of carbonyl (C=O) groups is 1. The van der Waals surface area contributed by atoms with E-state index in [0.29, 0.717) is 12.1 Å². The van der Waals surface area contributed by atoms with Crippen molar-refractivity contribution in [1.29, 1.82) is 0 Å². The maximum absolute atomic E-state index is 12.9. The van der Waals surface area contributed by atoms with Gasteiger partial charge in [-0.05, 0) is 36.8 Å². The molecule has 0 amide bonds. The SMILES string of the molecule is Nc1ccc(F)cc1SCCCCCC(=O)O. The summed E-state index contributed by atoms with van der Waals surface area (Å²) in [5.74, 6) is -0.215. The van der Waals surface area contributed by atoms with E-state index >= 15 is 0 Å². The Balaban J connectivity index is 2.22. The Kier molecular flexibility index (Phi) is 5.83. The predicted octanol–water partition coefficient (Wildman–Crippen LogP) is 3.15. The van der Waals surface area contributed by atoms with E-state index in [9.17, 15) is 9.18 Å². The number of anilines is 1. The molecule has 0 aliphatic rings. The first-order valence-corrected chi connectivity index (χ1v) is 6.48. The number of unbranched alkanes of at least 4 members (excludes halogenated alkanes) is 2. The van der Waals surface area contributed by atoms with E-state index in [1.807, 2.05) is 0 Å². The number of aliphatic carboxylic acids is 1. The van der Waals surface area contributed by atoms with Gasteiger partial charge in [-0.15, -0.1) is 11.8 Å². The number of nitrogen functional groups attached to an aromatic ring is 1. The van der Waals surface area contributed by atoms with E-state index in [4.69, 9.17) is 10.8 Å². The third-order valence-corrected chi connectivity index (χ3v) is 3.43. The highest BCUT2D eigenvalue weighted by Crippen LogP contribution is 2.26. The lowest BCUT2D eigenvalue weighted by Gasteiger charge is -2.05. The molecule has 0 spiro atoms. The highest BCUT2D eigenvalue weighted by atomic mass is 32.2. The van der Waals surface area contributed by atoms with Crippen molar-refractivity contribution in [2.45, 2.75) is 30.6 Å². The lowest BCUT2D eigenvalue weighted by Crippen LogP contribution is -1.94. The lowest BCUT2D eigenvalue weighted by atomic mass is 10.2. The molecule has 0 atom stereocenters. The molecule has 5 heteroatoms. The van der Waals surface area contributed by atoms with Crippen molar-refractivity contribution in [2.24, 2.45) is 0 Å². The summed E-state index contributed by atoms with van der Waals surface area (Å²) in [6, 6.07) is 4.32. The quantitative estimate of drug-likeness (QED) is 0.447. The molecule has 0 aliphatic heterocycles. The van der Waals surface area contributed by atoms with Gasteiger partial charge in [-0.1, -0.05) is 6.42 Å². The molecule has 3 N–H and O–H groups in total. The van der Waals surface area contributed by atoms with Crippen LogP contribution in [0.2, 0.25) is 0 Å². The van der Waals surface area contributed by atoms with Gasteiger partial charge in [0.15, 0.2) is 0 Å². The highest BCUT2D eigenvalue weighted by molar-refractivity contribution is 7.99. The highest BCUT2D eigenvalue weighted by Gasteiger charge is 2.02. The van der Waals surface area contributed by atoms with E-state index in [2.05, 4.69) is 0 Å². The molecule has 0 bridgehead atoms. The lowest BCUT2D eigenvalue weighted by molar-refractivity contribution is -0.137. The molecule has 0 saturated carbocycles. The maximum Gasteiger partial charge on any atom is 0.303 e. The van der Waals surface area contributed by atoms with Gasteiger partial charge in [0.2, 0.25) is 0 Å². The van der Waals surface area contributed by atoms with Crippen LogP contribution in [0.25, 0.3) is 0 Å². The summed E-state index contributed by atoms with van der Waals surface area (Å²) in [7, 11) is 0. The number of benzene rings is 1. The van der Waals surface area contributed by atoms with Gasteiger partial charge in [-0.3, -0.25) is 4.79 Å². The second-order valence-electron chi connectivity index (χ2n) is 3.74. The molecule has 17 heavy (non-hydrogen) atoms. The Morgan fingerprint density at radius 1 is 1.35 bits per heavy atom. The molecule has 0 aromatic heterocycles. The van der Waals surface area contributed by atoms with Gasteiger partial charge in [0, 0.05) is 17.0 Å². The minimum Gasteiger partial charge on any atom is -0.481 e. The third-order valence-electron chi connectivity index (χ3n) is 2.27. The number of carboxylic acid groups (broad SMARTS) is 1. The van der Waals surface area contributed by atoms with E-state index in [-0.39, 0.29) is 12.2 Å². The van der Waals surface area contributed by atoms with Crippen LogP contribution in [0.15, 0.2) is 23.1 Å². The fraction of sp³-hybridized carbons (Fsp3) is 0.417. The zero-order valence-corrected chi connectivity index (χ0v) is 10.3. The van der Waals surface area contributed by atoms with Gasteiger partial charge in [0.25, 0.3) is 0 Å². The van der Waals surface area contributed by atoms with Crippen LogP contribution in [0.3, 0.4) is 0 Å². The molecule has 1 aromatic rings. The average Bonchev–Trinajstić information content (AvgIpc) is 2.27. The van der Waals surface area contributed by atoms with Crippen LogP contribution >= 0.6 is 11.8 Å². The molecule has 0 fully saturated rings. The molecule has 0 unspecified atom stereocenters. The summed E-state index contributed by atoms with van der Waals surface area (Å²) in [6.45, 7) is 0. The molecular weight excluding hydrogens is 241 g/mol. The minimum absolute atomic E-state index is 0.215. The largest absolute Gasteiger partial charge is 0.481 e. The normalized spacial score (nSPS) is 10.4. The van der Waals surface area contributed by atoms with Gasteiger partial charge >= 0.3 is 5.97 Å². The Morgan fingerprint density at radius 3 is 2.82 bits per heavy atom. The molecule has 1 rings (SSSR count). The van der Waals surface area contributed by atoms with Crippen molar-refractivity contribution >= 4 is 23.4 Å². The molecule has 0 heterocycles. The van der Waals surface area contributed by atoms with Crippen LogP contribution in [-0.2, 0) is 4.79 Å². The Morgan fingerprint density at radius 2 is 2.12 bits per heavy atom. The van der Waals surface area contributed by atoms with Crippen LogP contribution in [0.1, 0.15) is 25.7 Å². The van der Waals surface area contributed by atoms with E-state index in [0.717, 1.165) is 23.5 Å². The van der Waals surface area contributed by atoms with Gasteiger partial charge in [0.05, 0.1) is 0 Å². The molecule has 0 aliphatic carbocycles. The van der Waals surface area contributed by atoms with Crippen molar-refractivity contribution in [1.82, 2.24) is 0 Å². The molecular formula is C12H16FNO2S. The summed E-state index contributed by atoms with van der Waals surface area (Å²) in [6.07, 6.45) is 2.68. The molecule has 94 valence electrons. The van der Waals surface area contributed by atoms with Crippen molar-refractivity contribution < 1.29 is 14.3 Å². The standard InChI is InChI=1S/C12H16FNO2S/c13-9-5-6-10(14)11(8-9)17-7-3-1-2-4-12(15)16/h5-6,8H,1-4,7,14H2,(H,15,16). The van der Waals surface area contributed by atoms with Crippen LogP contribution < -0.4 is 5.73 Å². The fourth-order valence-electron chi connectivity index (χ4n) is 1.37. The summed E-state index contributed by atoms with van der Waals surface area (Å²) in [5.41, 5.74) is 6.29. The number of hydrogen-bond donors (Lipinski definition) is 2. The van der Waals surface area contributed by atoms with Crippen LogP contribution in [0.4, 0.5) is 10.1 Å². The first-order valence-electron chi connectivity index (χ1n) is 5.49. The Labute approximate surface area is 104 Å². The number of thioether (sulfide) groups is 1. The van der Waals surface area contributed by atoms with Crippen molar-refractivity contribution in [3.63, 3.8) is 0 Å². The number of rotatable bonds is 7. The predicted molar refractivity (Wildman–Crippen MR) is 67.6 cm³/mol. The van der Waals surface area contributed by atoms with Gasteiger partial charge in [-0.25, -0.2) is 4.39 Å². The maximum atomic E-state index is 12.9. The van der Waals surface area contributed by atoms with E-state index in [1.54, 1.807) is 6.07 Å². The van der Waals surface area contributed by atoms with Crippen LogP contribution in [-0.4, -0.2) is 16.8 Å². The van der Waals surface area contributed by atoms with Crippen molar-refractivity contribution in [3.8, 4) is 0 Å². The number of halogens is 1. The zero-order valence-electron chi connectivity index (χ0n) is 9.49. The van der Waals surface area contributed by atoms with Crippen LogP contribution in [0, 0.1) is 5.82 Å². The van der Waals surface area contributed by atoms with Crippen molar-refractivity contribution in [3.05, 3.63) is 24.0 Å². The van der Waals surface area contributed by atoms with Crippen LogP contribution in [0.5, 0.6) is 0 Å². The minimum atomic E-state index is -0.757. The molecule has 1 aromatic carbocycles. The number of carboxylic acids is 1. The van der Waals surface area contributed by atoms with Gasteiger partial charge in [0.1, 0.15) is 5.82 Å².